The third-order valence-corrected chi connectivity index (χ3v) is 6.57. The first kappa shape index (κ1) is 22.8. The molecule has 0 aliphatic heterocycles. The number of aryl methyl sites for hydroxylation is 2. The predicted octanol–water partition coefficient (Wildman–Crippen LogP) is 4.28. The van der Waals surface area contributed by atoms with Crippen LogP contribution in [0, 0.1) is 0 Å². The Balaban J connectivity index is 1.83. The summed E-state index contributed by atoms with van der Waals surface area (Å²) in [4.78, 5) is 21.6. The van der Waals surface area contributed by atoms with E-state index in [1.807, 2.05) is 37.4 Å². The van der Waals surface area contributed by atoms with Crippen molar-refractivity contribution < 1.29 is 9.84 Å². The van der Waals surface area contributed by atoms with Crippen LogP contribution in [0.25, 0.3) is 22.2 Å². The highest BCUT2D eigenvalue weighted by Crippen LogP contribution is 2.39. The number of imidazole rings is 1. The molecule has 0 spiro atoms. The molecule has 0 bridgehead atoms. The molecule has 7 nitrogen and oxygen atoms in total. The minimum Gasteiger partial charge on any atom is -0.497 e. The minimum absolute atomic E-state index is 0.185. The summed E-state index contributed by atoms with van der Waals surface area (Å²) in [7, 11) is 5.10. The zero-order chi connectivity index (χ0) is 24.7. The predicted molar refractivity (Wildman–Crippen MR) is 136 cm³/mol. The fraction of sp³-hybridized carbons (Fsp3) is 0.148. The van der Waals surface area contributed by atoms with Gasteiger partial charge in [0.25, 0.3) is 5.56 Å². The van der Waals surface area contributed by atoms with E-state index in [0.717, 1.165) is 5.56 Å². The molecule has 2 aromatic carbocycles. The molecule has 0 fully saturated rings. The lowest BCUT2D eigenvalue weighted by molar-refractivity contribution is 0.117. The van der Waals surface area contributed by atoms with Gasteiger partial charge in [-0.2, -0.15) is 0 Å². The van der Waals surface area contributed by atoms with Crippen LogP contribution >= 0.6 is 11.6 Å². The van der Waals surface area contributed by atoms with Gasteiger partial charge in [0.05, 0.1) is 25.3 Å². The molecule has 3 heterocycles. The molecular formula is C27H23ClN4O3. The average Bonchev–Trinajstić information content (AvgIpc) is 3.32. The number of pyridine rings is 2. The van der Waals surface area contributed by atoms with Crippen LogP contribution in [0.3, 0.4) is 0 Å². The largest absolute Gasteiger partial charge is 0.497 e. The molecule has 0 aliphatic carbocycles. The molecule has 0 saturated heterocycles. The van der Waals surface area contributed by atoms with E-state index in [1.54, 1.807) is 67.8 Å². The molecular weight excluding hydrogens is 464 g/mol. The number of ether oxygens (including phenoxy) is 1. The Bertz CT molecular complexity index is 1610. The quantitative estimate of drug-likeness (QED) is 0.401. The van der Waals surface area contributed by atoms with Crippen molar-refractivity contribution in [3.63, 3.8) is 0 Å². The lowest BCUT2D eigenvalue weighted by Gasteiger charge is -2.30. The topological polar surface area (TPSA) is 82.2 Å². The summed E-state index contributed by atoms with van der Waals surface area (Å²) < 4.78 is 8.65. The zero-order valence-electron chi connectivity index (χ0n) is 19.4. The maximum absolute atomic E-state index is 12.8. The molecule has 176 valence electrons. The average molecular weight is 487 g/mol. The summed E-state index contributed by atoms with van der Waals surface area (Å²) in [5, 5.41) is 13.6. The monoisotopic (exact) mass is 486 g/mol. The molecule has 0 saturated carbocycles. The number of benzene rings is 2. The van der Waals surface area contributed by atoms with Gasteiger partial charge in [-0.05, 0) is 47.0 Å². The van der Waals surface area contributed by atoms with Crippen LogP contribution in [0.15, 0.2) is 84.2 Å². The summed E-state index contributed by atoms with van der Waals surface area (Å²) in [6.07, 6.45) is 4.86. The van der Waals surface area contributed by atoms with Crippen LogP contribution in [-0.2, 0) is 19.7 Å². The van der Waals surface area contributed by atoms with Crippen molar-refractivity contribution in [2.45, 2.75) is 5.60 Å². The number of aromatic nitrogens is 4. The lowest BCUT2D eigenvalue weighted by Crippen LogP contribution is -2.31. The number of hydrogen-bond acceptors (Lipinski definition) is 5. The van der Waals surface area contributed by atoms with Gasteiger partial charge >= 0.3 is 0 Å². The van der Waals surface area contributed by atoms with E-state index < -0.39 is 5.60 Å². The van der Waals surface area contributed by atoms with E-state index >= 15 is 0 Å². The Kier molecular flexibility index (Phi) is 5.67. The summed E-state index contributed by atoms with van der Waals surface area (Å²) in [6, 6.07) is 18.0. The van der Waals surface area contributed by atoms with Gasteiger partial charge in [0.15, 0.2) is 5.60 Å². The molecule has 0 aliphatic rings. The summed E-state index contributed by atoms with van der Waals surface area (Å²) in [5.41, 5.74) is 1.95. The smallest absolute Gasteiger partial charge is 0.252 e. The molecule has 1 N–H and O–H groups in total. The second kappa shape index (κ2) is 8.69. The third-order valence-electron chi connectivity index (χ3n) is 6.32. The first-order valence-corrected chi connectivity index (χ1v) is 11.3. The second-order valence-corrected chi connectivity index (χ2v) is 8.83. The number of fused-ring (bicyclic) bond motifs is 1. The molecule has 1 atom stereocenters. The van der Waals surface area contributed by atoms with E-state index in [2.05, 4.69) is 9.97 Å². The number of rotatable bonds is 5. The molecule has 8 heteroatoms. The maximum Gasteiger partial charge on any atom is 0.252 e. The third kappa shape index (κ3) is 3.79. The van der Waals surface area contributed by atoms with Crippen molar-refractivity contribution in [1.82, 2.24) is 19.1 Å². The maximum atomic E-state index is 12.8. The van der Waals surface area contributed by atoms with Crippen molar-refractivity contribution in [3.05, 3.63) is 112 Å². The Morgan fingerprint density at radius 2 is 1.77 bits per heavy atom. The lowest BCUT2D eigenvalue weighted by atomic mass is 9.83. The second-order valence-electron chi connectivity index (χ2n) is 8.39. The van der Waals surface area contributed by atoms with Gasteiger partial charge in [-0.15, -0.1) is 0 Å². The molecule has 0 radical (unpaired) electrons. The normalized spacial score (nSPS) is 13.1. The van der Waals surface area contributed by atoms with Gasteiger partial charge in [0.1, 0.15) is 11.4 Å². The van der Waals surface area contributed by atoms with Gasteiger partial charge in [0.2, 0.25) is 0 Å². The Morgan fingerprint density at radius 3 is 2.46 bits per heavy atom. The molecule has 0 amide bonds. The van der Waals surface area contributed by atoms with Crippen LogP contribution in [0.1, 0.15) is 16.8 Å². The molecule has 3 aromatic heterocycles. The highest BCUT2D eigenvalue weighted by atomic mass is 35.5. The highest BCUT2D eigenvalue weighted by molar-refractivity contribution is 6.30. The highest BCUT2D eigenvalue weighted by Gasteiger charge is 2.37. The fourth-order valence-corrected chi connectivity index (χ4v) is 4.54. The molecule has 5 rings (SSSR count). The van der Waals surface area contributed by atoms with Crippen LogP contribution in [0.5, 0.6) is 5.75 Å². The standard InChI is InChI=1S/C27H23ClN4O3/c1-31-16-29-15-24(31)27(34,18-7-9-20(28)10-8-18)19-12-23-22(17-5-4-6-21(11-17)35-3)13-25(33)32(2)26(23)30-14-19/h4-16,34H,1-3H3/t27-/m0/s1. The van der Waals surface area contributed by atoms with Crippen LogP contribution in [0.4, 0.5) is 0 Å². The van der Waals surface area contributed by atoms with Crippen molar-refractivity contribution >= 4 is 22.6 Å². The van der Waals surface area contributed by atoms with Crippen LogP contribution < -0.4 is 10.3 Å². The first-order chi connectivity index (χ1) is 16.8. The van der Waals surface area contributed by atoms with Gasteiger partial charge in [0, 0.05) is 42.3 Å². The van der Waals surface area contributed by atoms with Crippen molar-refractivity contribution in [1.29, 1.82) is 0 Å². The minimum atomic E-state index is -1.57. The van der Waals surface area contributed by atoms with E-state index in [-0.39, 0.29) is 5.56 Å². The van der Waals surface area contributed by atoms with Gasteiger partial charge < -0.3 is 14.4 Å². The van der Waals surface area contributed by atoms with Gasteiger partial charge in [-0.25, -0.2) is 9.97 Å². The fourth-order valence-electron chi connectivity index (χ4n) is 4.41. The Hall–Kier alpha value is -3.94. The number of methoxy groups -OCH3 is 1. The molecule has 35 heavy (non-hydrogen) atoms. The number of nitrogens with zero attached hydrogens (tertiary/aromatic N) is 4. The molecule has 0 unspecified atom stereocenters. The van der Waals surface area contributed by atoms with Crippen molar-refractivity contribution in [2.75, 3.05) is 7.11 Å². The van der Waals surface area contributed by atoms with Crippen LogP contribution in [-0.4, -0.2) is 31.3 Å². The van der Waals surface area contributed by atoms with E-state index in [1.165, 1.54) is 4.57 Å². The number of halogens is 1. The van der Waals surface area contributed by atoms with Crippen molar-refractivity contribution in [3.8, 4) is 16.9 Å². The SMILES string of the molecule is COc1cccc(-c2cc(=O)n(C)c3ncc([C@@](O)(c4ccc(Cl)cc4)c4cncn4C)cc23)c1. The molecule has 5 aromatic rings. The summed E-state index contributed by atoms with van der Waals surface area (Å²) in [6.45, 7) is 0. The van der Waals surface area contributed by atoms with Crippen LogP contribution in [0.2, 0.25) is 5.02 Å². The van der Waals surface area contributed by atoms with E-state index in [4.69, 9.17) is 16.3 Å². The van der Waals surface area contributed by atoms with E-state index in [9.17, 15) is 9.90 Å². The number of aliphatic hydroxyl groups is 1. The van der Waals surface area contributed by atoms with Gasteiger partial charge in [-0.3, -0.25) is 9.36 Å². The summed E-state index contributed by atoms with van der Waals surface area (Å²) in [5.74, 6) is 0.674. The van der Waals surface area contributed by atoms with Gasteiger partial charge in [-0.1, -0.05) is 35.9 Å². The van der Waals surface area contributed by atoms with Crippen molar-refractivity contribution in [2.24, 2.45) is 14.1 Å². The summed E-state index contributed by atoms with van der Waals surface area (Å²) >= 11 is 6.13. The first-order valence-electron chi connectivity index (χ1n) is 10.9. The number of hydrogen-bond donors (Lipinski definition) is 1. The Labute approximate surface area is 206 Å². The zero-order valence-corrected chi connectivity index (χ0v) is 20.2. The Morgan fingerprint density at radius 1 is 1.00 bits per heavy atom. The van der Waals surface area contributed by atoms with E-state index in [0.29, 0.717) is 44.2 Å².